The van der Waals surface area contributed by atoms with Crippen LogP contribution in [0.5, 0.6) is 0 Å². The van der Waals surface area contributed by atoms with Crippen molar-refractivity contribution in [2.45, 2.75) is 52.5 Å². The van der Waals surface area contributed by atoms with Crippen molar-refractivity contribution < 1.29 is 0 Å². The molecule has 0 aliphatic heterocycles. The standard InChI is InChI=1S/C14H26N4/c1-11(2)9-18-14(16-10-17-18)7-13(8-15)12-5-3-4-6-12/h10-13H,3-9,15H2,1-2H3. The predicted molar refractivity (Wildman–Crippen MR) is 73.1 cm³/mol. The fraction of sp³-hybridized carbons (Fsp3) is 0.857. The van der Waals surface area contributed by atoms with Gasteiger partial charge in [-0.25, -0.2) is 9.67 Å². The molecule has 18 heavy (non-hydrogen) atoms. The zero-order valence-electron chi connectivity index (χ0n) is 11.7. The molecule has 1 fully saturated rings. The minimum Gasteiger partial charge on any atom is -0.330 e. The van der Waals surface area contributed by atoms with Gasteiger partial charge in [-0.05, 0) is 24.3 Å². The summed E-state index contributed by atoms with van der Waals surface area (Å²) in [5.74, 6) is 3.11. The largest absolute Gasteiger partial charge is 0.330 e. The average Bonchev–Trinajstić information content (AvgIpc) is 2.96. The van der Waals surface area contributed by atoms with Crippen LogP contribution in [0.15, 0.2) is 6.33 Å². The Morgan fingerprint density at radius 1 is 1.39 bits per heavy atom. The highest BCUT2D eigenvalue weighted by molar-refractivity contribution is 4.91. The number of aromatic nitrogens is 3. The highest BCUT2D eigenvalue weighted by Crippen LogP contribution is 2.32. The molecule has 0 bridgehead atoms. The fourth-order valence-corrected chi connectivity index (χ4v) is 3.05. The molecule has 0 aromatic carbocycles. The van der Waals surface area contributed by atoms with E-state index in [1.807, 2.05) is 0 Å². The maximum absolute atomic E-state index is 5.96. The first-order chi connectivity index (χ1) is 8.70. The molecule has 1 heterocycles. The molecule has 1 aromatic rings. The molecule has 1 unspecified atom stereocenters. The molecular weight excluding hydrogens is 224 g/mol. The van der Waals surface area contributed by atoms with Gasteiger partial charge in [-0.1, -0.05) is 39.5 Å². The summed E-state index contributed by atoms with van der Waals surface area (Å²) in [6.07, 6.45) is 8.12. The lowest BCUT2D eigenvalue weighted by atomic mass is 9.88. The van der Waals surface area contributed by atoms with Crippen molar-refractivity contribution in [2.75, 3.05) is 6.54 Å². The lowest BCUT2D eigenvalue weighted by Crippen LogP contribution is -2.26. The molecule has 102 valence electrons. The van der Waals surface area contributed by atoms with Crippen LogP contribution >= 0.6 is 0 Å². The topological polar surface area (TPSA) is 56.7 Å². The van der Waals surface area contributed by atoms with Crippen LogP contribution in [0.1, 0.15) is 45.4 Å². The lowest BCUT2D eigenvalue weighted by Gasteiger charge is -2.21. The summed E-state index contributed by atoms with van der Waals surface area (Å²) in [5, 5.41) is 4.34. The molecule has 0 amide bonds. The Morgan fingerprint density at radius 3 is 2.72 bits per heavy atom. The molecule has 1 aliphatic carbocycles. The Balaban J connectivity index is 2.00. The van der Waals surface area contributed by atoms with Crippen molar-refractivity contribution in [1.29, 1.82) is 0 Å². The molecule has 1 saturated carbocycles. The van der Waals surface area contributed by atoms with E-state index in [2.05, 4.69) is 28.6 Å². The molecule has 4 nitrogen and oxygen atoms in total. The number of hydrogen-bond acceptors (Lipinski definition) is 3. The van der Waals surface area contributed by atoms with Crippen LogP contribution in [-0.2, 0) is 13.0 Å². The summed E-state index contributed by atoms with van der Waals surface area (Å²) in [4.78, 5) is 4.42. The van der Waals surface area contributed by atoms with Crippen LogP contribution in [0.25, 0.3) is 0 Å². The quantitative estimate of drug-likeness (QED) is 0.842. The van der Waals surface area contributed by atoms with Gasteiger partial charge in [0, 0.05) is 13.0 Å². The Bertz CT molecular complexity index is 352. The van der Waals surface area contributed by atoms with E-state index in [0.717, 1.165) is 31.3 Å². The maximum atomic E-state index is 5.96. The van der Waals surface area contributed by atoms with Crippen LogP contribution in [0, 0.1) is 17.8 Å². The minimum absolute atomic E-state index is 0.586. The SMILES string of the molecule is CC(C)Cn1ncnc1CC(CN)C1CCCC1. The second-order valence-electron chi connectivity index (χ2n) is 6.00. The summed E-state index contributed by atoms with van der Waals surface area (Å²) in [6, 6.07) is 0. The summed E-state index contributed by atoms with van der Waals surface area (Å²) >= 11 is 0. The van der Waals surface area contributed by atoms with E-state index < -0.39 is 0 Å². The first-order valence-electron chi connectivity index (χ1n) is 7.27. The summed E-state index contributed by atoms with van der Waals surface area (Å²) in [5.41, 5.74) is 5.96. The molecule has 4 heteroatoms. The molecule has 1 atom stereocenters. The normalized spacial score (nSPS) is 18.7. The molecule has 1 aliphatic rings. The van der Waals surface area contributed by atoms with E-state index in [0.29, 0.717) is 11.8 Å². The van der Waals surface area contributed by atoms with Gasteiger partial charge in [0.05, 0.1) is 0 Å². The number of hydrogen-bond donors (Lipinski definition) is 1. The third-order valence-electron chi connectivity index (χ3n) is 4.05. The Hall–Kier alpha value is -0.900. The predicted octanol–water partition coefficient (Wildman–Crippen LogP) is 2.24. The smallest absolute Gasteiger partial charge is 0.138 e. The van der Waals surface area contributed by atoms with Crippen LogP contribution in [0.3, 0.4) is 0 Å². The van der Waals surface area contributed by atoms with Gasteiger partial charge in [0.2, 0.25) is 0 Å². The van der Waals surface area contributed by atoms with Crippen LogP contribution in [0.2, 0.25) is 0 Å². The van der Waals surface area contributed by atoms with Crippen LogP contribution in [-0.4, -0.2) is 21.3 Å². The third-order valence-corrected chi connectivity index (χ3v) is 4.05. The Morgan fingerprint density at radius 2 is 2.11 bits per heavy atom. The van der Waals surface area contributed by atoms with Crippen LogP contribution in [0.4, 0.5) is 0 Å². The number of rotatable bonds is 6. The van der Waals surface area contributed by atoms with Gasteiger partial charge < -0.3 is 5.73 Å². The average molecular weight is 250 g/mol. The molecule has 2 N–H and O–H groups in total. The van der Waals surface area contributed by atoms with Gasteiger partial charge in [0.1, 0.15) is 12.2 Å². The van der Waals surface area contributed by atoms with E-state index in [9.17, 15) is 0 Å². The third kappa shape index (κ3) is 3.31. The molecular formula is C14H26N4. The number of nitrogens with two attached hydrogens (primary N) is 1. The maximum Gasteiger partial charge on any atom is 0.138 e. The molecule has 0 saturated heterocycles. The molecule has 2 rings (SSSR count). The van der Waals surface area contributed by atoms with Gasteiger partial charge in [0.15, 0.2) is 0 Å². The van der Waals surface area contributed by atoms with Crippen molar-refractivity contribution in [2.24, 2.45) is 23.5 Å². The first-order valence-corrected chi connectivity index (χ1v) is 7.27. The Labute approximate surface area is 110 Å². The molecule has 1 aromatic heterocycles. The van der Waals surface area contributed by atoms with Gasteiger partial charge in [-0.15, -0.1) is 0 Å². The van der Waals surface area contributed by atoms with E-state index in [1.165, 1.54) is 25.7 Å². The lowest BCUT2D eigenvalue weighted by molar-refractivity contribution is 0.330. The number of nitrogens with zero attached hydrogens (tertiary/aromatic N) is 3. The van der Waals surface area contributed by atoms with Crippen LogP contribution < -0.4 is 5.73 Å². The zero-order valence-corrected chi connectivity index (χ0v) is 11.7. The minimum atomic E-state index is 0.586. The second-order valence-corrected chi connectivity index (χ2v) is 6.00. The van der Waals surface area contributed by atoms with Gasteiger partial charge >= 0.3 is 0 Å². The zero-order chi connectivity index (χ0) is 13.0. The van der Waals surface area contributed by atoms with E-state index in [1.54, 1.807) is 6.33 Å². The summed E-state index contributed by atoms with van der Waals surface area (Å²) < 4.78 is 2.06. The molecule has 0 spiro atoms. The second kappa shape index (κ2) is 6.32. The van der Waals surface area contributed by atoms with E-state index in [-0.39, 0.29) is 0 Å². The monoisotopic (exact) mass is 250 g/mol. The van der Waals surface area contributed by atoms with Crippen molar-refractivity contribution >= 4 is 0 Å². The molecule has 0 radical (unpaired) electrons. The van der Waals surface area contributed by atoms with Crippen molar-refractivity contribution in [3.63, 3.8) is 0 Å². The van der Waals surface area contributed by atoms with E-state index >= 15 is 0 Å². The summed E-state index contributed by atoms with van der Waals surface area (Å²) in [7, 11) is 0. The highest BCUT2D eigenvalue weighted by Gasteiger charge is 2.25. The van der Waals surface area contributed by atoms with E-state index in [4.69, 9.17) is 5.73 Å². The van der Waals surface area contributed by atoms with Gasteiger partial charge in [-0.2, -0.15) is 5.10 Å². The van der Waals surface area contributed by atoms with Gasteiger partial charge in [-0.3, -0.25) is 0 Å². The fourth-order valence-electron chi connectivity index (χ4n) is 3.05. The van der Waals surface area contributed by atoms with Crippen molar-refractivity contribution in [3.8, 4) is 0 Å². The van der Waals surface area contributed by atoms with Gasteiger partial charge in [0.25, 0.3) is 0 Å². The first kappa shape index (κ1) is 13.5. The highest BCUT2D eigenvalue weighted by atomic mass is 15.3. The van der Waals surface area contributed by atoms with Crippen molar-refractivity contribution in [3.05, 3.63) is 12.2 Å². The summed E-state index contributed by atoms with van der Waals surface area (Å²) in [6.45, 7) is 6.15. The Kier molecular flexibility index (Phi) is 4.75. The van der Waals surface area contributed by atoms with Crippen molar-refractivity contribution in [1.82, 2.24) is 14.8 Å².